The molecule has 1 aliphatic carbocycles. The third-order valence-electron chi connectivity index (χ3n) is 7.63. The maximum absolute atomic E-state index is 13.8. The fourth-order valence-electron chi connectivity index (χ4n) is 5.72. The predicted octanol–water partition coefficient (Wildman–Crippen LogP) is 6.15. The van der Waals surface area contributed by atoms with Crippen LogP contribution >= 0.6 is 0 Å². The summed E-state index contributed by atoms with van der Waals surface area (Å²) in [6.45, 7) is 2.73. The molecule has 5 aromatic rings. The van der Waals surface area contributed by atoms with Crippen LogP contribution in [0.1, 0.15) is 59.6 Å². The number of para-hydroxylation sites is 3. The molecule has 1 aliphatic heterocycles. The Morgan fingerprint density at radius 1 is 1.08 bits per heavy atom. The van der Waals surface area contributed by atoms with Gasteiger partial charge in [-0.1, -0.05) is 47.6 Å². The minimum absolute atomic E-state index is 0.176. The summed E-state index contributed by atoms with van der Waals surface area (Å²) in [4.78, 5) is 19.1. The molecule has 2 aromatic heterocycles. The Bertz CT molecular complexity index is 1820. The first-order valence-electron chi connectivity index (χ1n) is 12.8. The molecule has 0 bridgehead atoms. The summed E-state index contributed by atoms with van der Waals surface area (Å²) in [6, 6.07) is 21.7. The first kappa shape index (κ1) is 23.6. The van der Waals surface area contributed by atoms with Gasteiger partial charge in [-0.15, -0.1) is 0 Å². The number of H-pyrrole nitrogens is 1. The van der Waals surface area contributed by atoms with Gasteiger partial charge in [0.05, 0.1) is 11.0 Å². The van der Waals surface area contributed by atoms with E-state index < -0.39 is 11.7 Å². The van der Waals surface area contributed by atoms with Gasteiger partial charge in [-0.2, -0.15) is 0 Å². The number of nitrogens with one attached hydrogen (secondary N) is 1. The van der Waals surface area contributed by atoms with Gasteiger partial charge in [-0.25, -0.2) is 18.6 Å². The maximum atomic E-state index is 13.8. The van der Waals surface area contributed by atoms with Gasteiger partial charge in [-0.3, -0.25) is 9.51 Å². The van der Waals surface area contributed by atoms with Crippen molar-refractivity contribution in [3.8, 4) is 5.75 Å². The fourth-order valence-corrected chi connectivity index (χ4v) is 5.72. The van der Waals surface area contributed by atoms with Crippen molar-refractivity contribution in [3.63, 3.8) is 0 Å². The summed E-state index contributed by atoms with van der Waals surface area (Å²) < 4.78 is 40.6. The lowest BCUT2D eigenvalue weighted by atomic mass is 9.80. The van der Waals surface area contributed by atoms with E-state index in [4.69, 9.17) is 14.2 Å². The molecule has 0 saturated heterocycles. The van der Waals surface area contributed by atoms with Crippen LogP contribution in [-0.2, 0) is 13.2 Å². The van der Waals surface area contributed by atoms with Gasteiger partial charge in [0.15, 0.2) is 5.82 Å². The van der Waals surface area contributed by atoms with Gasteiger partial charge in [0.2, 0.25) is 5.92 Å². The van der Waals surface area contributed by atoms with Crippen LogP contribution in [-0.4, -0.2) is 25.6 Å². The van der Waals surface area contributed by atoms with Crippen LogP contribution in [0.4, 0.5) is 8.78 Å². The third-order valence-corrected chi connectivity index (χ3v) is 7.63. The number of hydrogen-bond acceptors (Lipinski definition) is 5. The van der Waals surface area contributed by atoms with Crippen LogP contribution in [0.3, 0.4) is 0 Å². The highest BCUT2D eigenvalue weighted by Gasteiger charge is 2.48. The summed E-state index contributed by atoms with van der Waals surface area (Å²) in [5.41, 5.74) is 7.18. The van der Waals surface area contributed by atoms with Crippen molar-refractivity contribution in [2.45, 2.75) is 44.8 Å². The number of hydrogen-bond donors (Lipinski definition) is 1. The van der Waals surface area contributed by atoms with E-state index in [0.29, 0.717) is 24.8 Å². The van der Waals surface area contributed by atoms with Crippen molar-refractivity contribution in [2.75, 3.05) is 0 Å². The maximum Gasteiger partial charge on any atom is 0.439 e. The zero-order chi connectivity index (χ0) is 26.7. The number of aromatic nitrogens is 4. The standard InChI is InChI=1S/C30H24F2N4O3/c1-17(27-34-29(37)39-35-27)26-21-11-10-18(12-19(21)16-38-25-9-5-2-6-22(25)26)15-36-24-8-4-3-7-23(24)33-28(36)20-13-30(31,32)14-20/h2-12,20H,13-16H2,1H3,(H,34,35,37)/b26-17+. The number of benzene rings is 3. The SMILES string of the molecule is C/C(=C1/c2ccc(Cn3c(C4CC(F)(F)C4)nc4ccccc43)cc2COc2ccccc21)c1noc(=O)[nH]1. The van der Waals surface area contributed by atoms with E-state index in [1.165, 1.54) is 0 Å². The largest absolute Gasteiger partial charge is 0.488 e. The van der Waals surface area contributed by atoms with Crippen molar-refractivity contribution in [1.29, 1.82) is 0 Å². The average molecular weight is 527 g/mol. The average Bonchev–Trinajstić information content (AvgIpc) is 3.46. The highest BCUT2D eigenvalue weighted by atomic mass is 19.3. The van der Waals surface area contributed by atoms with Crippen LogP contribution in [0.2, 0.25) is 0 Å². The van der Waals surface area contributed by atoms with E-state index in [-0.39, 0.29) is 18.8 Å². The summed E-state index contributed by atoms with van der Waals surface area (Å²) in [7, 11) is 0. The number of fused-ring (bicyclic) bond motifs is 3. The molecule has 1 N–H and O–H groups in total. The number of imidazole rings is 1. The molecule has 0 radical (unpaired) electrons. The van der Waals surface area contributed by atoms with Crippen molar-refractivity contribution in [3.05, 3.63) is 111 Å². The van der Waals surface area contributed by atoms with Gasteiger partial charge in [-0.05, 0) is 53.5 Å². The smallest absolute Gasteiger partial charge is 0.439 e. The number of aromatic amines is 1. The van der Waals surface area contributed by atoms with E-state index >= 15 is 0 Å². The first-order chi connectivity index (χ1) is 18.9. The molecular weight excluding hydrogens is 502 g/mol. The highest BCUT2D eigenvalue weighted by Crippen LogP contribution is 2.48. The number of halogens is 2. The van der Waals surface area contributed by atoms with Crippen LogP contribution in [0.5, 0.6) is 5.75 Å². The monoisotopic (exact) mass is 526 g/mol. The van der Waals surface area contributed by atoms with Crippen molar-refractivity contribution in [1.82, 2.24) is 19.7 Å². The molecule has 7 nitrogen and oxygen atoms in total. The van der Waals surface area contributed by atoms with Crippen LogP contribution in [0.15, 0.2) is 76.0 Å². The lowest BCUT2D eigenvalue weighted by molar-refractivity contribution is -0.0889. The summed E-state index contributed by atoms with van der Waals surface area (Å²) >= 11 is 0. The summed E-state index contributed by atoms with van der Waals surface area (Å²) in [6.07, 6.45) is -0.353. The van der Waals surface area contributed by atoms with E-state index in [0.717, 1.165) is 50.2 Å². The Kier molecular flexibility index (Phi) is 5.30. The fraction of sp³-hybridized carbons (Fsp3) is 0.233. The quantitative estimate of drug-likeness (QED) is 0.304. The van der Waals surface area contributed by atoms with Gasteiger partial charge in [0.25, 0.3) is 0 Å². The van der Waals surface area contributed by atoms with Gasteiger partial charge < -0.3 is 9.30 Å². The molecule has 3 aromatic carbocycles. The normalized spacial score (nSPS) is 17.6. The molecule has 1 saturated carbocycles. The molecule has 196 valence electrons. The minimum Gasteiger partial charge on any atom is -0.488 e. The third kappa shape index (κ3) is 4.05. The highest BCUT2D eigenvalue weighted by molar-refractivity contribution is 5.99. The Hall–Kier alpha value is -4.53. The Balaban J connectivity index is 1.33. The molecular formula is C30H24F2N4O3. The van der Waals surface area contributed by atoms with E-state index in [1.54, 1.807) is 0 Å². The molecule has 0 unspecified atom stereocenters. The van der Waals surface area contributed by atoms with E-state index in [9.17, 15) is 13.6 Å². The second-order valence-electron chi connectivity index (χ2n) is 10.2. The van der Waals surface area contributed by atoms with Crippen molar-refractivity contribution >= 4 is 22.2 Å². The zero-order valence-corrected chi connectivity index (χ0v) is 21.1. The Morgan fingerprint density at radius 3 is 2.67 bits per heavy atom. The lowest BCUT2D eigenvalue weighted by Crippen LogP contribution is -2.35. The number of nitrogens with zero attached hydrogens (tertiary/aromatic N) is 3. The predicted molar refractivity (Wildman–Crippen MR) is 142 cm³/mol. The van der Waals surface area contributed by atoms with Crippen molar-refractivity contribution < 1.29 is 18.0 Å². The minimum atomic E-state index is -2.63. The number of ether oxygens (including phenoxy) is 1. The molecule has 1 fully saturated rings. The molecule has 3 heterocycles. The summed E-state index contributed by atoms with van der Waals surface area (Å²) in [5.74, 6) is -1.73. The van der Waals surface area contributed by atoms with Gasteiger partial charge in [0.1, 0.15) is 18.2 Å². The molecule has 9 heteroatoms. The second-order valence-corrected chi connectivity index (χ2v) is 10.2. The van der Waals surface area contributed by atoms with Crippen LogP contribution in [0.25, 0.3) is 22.2 Å². The van der Waals surface area contributed by atoms with Crippen LogP contribution < -0.4 is 10.5 Å². The Labute approximate surface area is 221 Å². The molecule has 2 aliphatic rings. The lowest BCUT2D eigenvalue weighted by Gasteiger charge is -2.34. The van der Waals surface area contributed by atoms with Crippen molar-refractivity contribution in [2.24, 2.45) is 0 Å². The number of rotatable bonds is 4. The van der Waals surface area contributed by atoms with Gasteiger partial charge >= 0.3 is 5.76 Å². The molecule has 0 amide bonds. The zero-order valence-electron chi connectivity index (χ0n) is 21.1. The van der Waals surface area contributed by atoms with E-state index in [2.05, 4.69) is 20.8 Å². The van der Waals surface area contributed by atoms with Gasteiger partial charge in [0, 0.05) is 36.4 Å². The number of allylic oxidation sites excluding steroid dienone is 1. The second kappa shape index (κ2) is 8.76. The number of alkyl halides is 2. The van der Waals surface area contributed by atoms with E-state index in [1.807, 2.05) is 67.6 Å². The topological polar surface area (TPSA) is 85.9 Å². The summed E-state index contributed by atoms with van der Waals surface area (Å²) in [5, 5.41) is 3.91. The molecule has 0 spiro atoms. The molecule has 0 atom stereocenters. The first-order valence-corrected chi connectivity index (χ1v) is 12.8. The Morgan fingerprint density at radius 2 is 1.87 bits per heavy atom. The molecule has 39 heavy (non-hydrogen) atoms. The van der Waals surface area contributed by atoms with Crippen LogP contribution in [0, 0.1) is 0 Å². The molecule has 7 rings (SSSR count).